The summed E-state index contributed by atoms with van der Waals surface area (Å²) in [7, 11) is 0. The molecule has 2 amide bonds. The molecule has 0 aromatic heterocycles. The fourth-order valence-corrected chi connectivity index (χ4v) is 3.17. The minimum Gasteiger partial charge on any atom is -0.481 e. The van der Waals surface area contributed by atoms with E-state index >= 15 is 0 Å². The monoisotopic (exact) mass is 372 g/mol. The summed E-state index contributed by atoms with van der Waals surface area (Å²) < 4.78 is 19.6. The van der Waals surface area contributed by atoms with E-state index in [9.17, 15) is 23.9 Å². The molecule has 0 unspecified atom stereocenters. The van der Waals surface area contributed by atoms with Crippen molar-refractivity contribution in [2.75, 3.05) is 23.4 Å². The Bertz CT molecular complexity index is 900. The van der Waals surface area contributed by atoms with Crippen molar-refractivity contribution >= 4 is 29.2 Å². The number of fused-ring (bicyclic) bond motifs is 1. The van der Waals surface area contributed by atoms with Crippen molar-refractivity contribution in [1.29, 1.82) is 0 Å². The Kier molecular flexibility index (Phi) is 5.12. The number of terminal acetylenes is 1. The first-order chi connectivity index (χ1) is 12.9. The summed E-state index contributed by atoms with van der Waals surface area (Å²) in [4.78, 5) is 37.1. The molecule has 1 aliphatic heterocycles. The summed E-state index contributed by atoms with van der Waals surface area (Å²) in [6.07, 6.45) is 7.25. The summed E-state index contributed by atoms with van der Waals surface area (Å²) in [5.74, 6) is -0.467. The van der Waals surface area contributed by atoms with Gasteiger partial charge in [0.1, 0.15) is 5.75 Å². The van der Waals surface area contributed by atoms with Gasteiger partial charge < -0.3 is 15.2 Å². The first-order valence-electron chi connectivity index (χ1n) is 8.39. The number of nitrogens with one attached hydrogen (secondary N) is 1. The molecule has 2 N–H and O–H groups in total. The van der Waals surface area contributed by atoms with Gasteiger partial charge in [0.05, 0.1) is 17.9 Å². The lowest BCUT2D eigenvalue weighted by molar-refractivity contribution is -0.133. The van der Waals surface area contributed by atoms with Gasteiger partial charge >= 0.3 is 5.97 Å². The fourth-order valence-electron chi connectivity index (χ4n) is 3.17. The molecule has 1 heterocycles. The number of rotatable bonds is 4. The number of aliphatic carboxylic acids is 1. The highest BCUT2D eigenvalue weighted by Crippen LogP contribution is 2.37. The summed E-state index contributed by atoms with van der Waals surface area (Å²) >= 11 is 0. The second kappa shape index (κ2) is 7.50. The molecule has 0 fully saturated rings. The number of anilines is 2. The maximum Gasteiger partial charge on any atom is 0.332 e. The summed E-state index contributed by atoms with van der Waals surface area (Å²) in [6, 6.07) is 2.33. The molecule has 3 rings (SSSR count). The topological polar surface area (TPSA) is 95.9 Å². The molecule has 0 atom stereocenters. The van der Waals surface area contributed by atoms with E-state index in [1.807, 2.05) is 0 Å². The van der Waals surface area contributed by atoms with Crippen LogP contribution in [0.2, 0.25) is 0 Å². The number of carboxylic acid groups (broad SMARTS) is 1. The molecule has 2 aliphatic rings. The molecule has 0 saturated carbocycles. The fraction of sp³-hybridized carbons (Fsp3) is 0.316. The first kappa shape index (κ1) is 18.5. The van der Waals surface area contributed by atoms with Crippen LogP contribution in [0.5, 0.6) is 5.75 Å². The van der Waals surface area contributed by atoms with Gasteiger partial charge in [-0.05, 0) is 31.7 Å². The summed E-state index contributed by atoms with van der Waals surface area (Å²) in [6.45, 7) is -0.281. The molecule has 1 aliphatic carbocycles. The molecule has 7 nitrogen and oxygen atoms in total. The average Bonchev–Trinajstić information content (AvgIpc) is 2.65. The normalized spacial score (nSPS) is 16.3. The zero-order valence-electron chi connectivity index (χ0n) is 14.4. The van der Waals surface area contributed by atoms with E-state index in [2.05, 4.69) is 11.2 Å². The van der Waals surface area contributed by atoms with Crippen molar-refractivity contribution in [2.45, 2.75) is 25.7 Å². The second-order valence-electron chi connectivity index (χ2n) is 6.20. The van der Waals surface area contributed by atoms with Gasteiger partial charge in [-0.2, -0.15) is 0 Å². The highest BCUT2D eigenvalue weighted by atomic mass is 19.1. The maximum absolute atomic E-state index is 14.4. The van der Waals surface area contributed by atoms with E-state index in [0.29, 0.717) is 25.7 Å². The molecule has 0 bridgehead atoms. The second-order valence-corrected chi connectivity index (χ2v) is 6.20. The highest BCUT2D eigenvalue weighted by Gasteiger charge is 2.28. The van der Waals surface area contributed by atoms with Crippen LogP contribution >= 0.6 is 0 Å². The average molecular weight is 372 g/mol. The third kappa shape index (κ3) is 3.62. The number of hydrogen-bond acceptors (Lipinski definition) is 4. The summed E-state index contributed by atoms with van der Waals surface area (Å²) in [5, 5.41) is 11.7. The standard InChI is InChI=1S/C19H17FN2O5/c1-2-7-22-15-9-14(13(20)8-16(15)27-10-17(22)23)21-18(24)11-5-3-4-6-12(11)19(25)26/h1,8-9H,3-7,10H2,(H,21,24)(H,25,26). The number of carbonyl (C=O) groups excluding carboxylic acids is 2. The Labute approximate surface area is 154 Å². The van der Waals surface area contributed by atoms with Crippen LogP contribution < -0.4 is 15.0 Å². The van der Waals surface area contributed by atoms with Crippen LogP contribution in [-0.4, -0.2) is 36.0 Å². The Morgan fingerprint density at radius 3 is 2.67 bits per heavy atom. The smallest absolute Gasteiger partial charge is 0.332 e. The molecular weight excluding hydrogens is 355 g/mol. The molecule has 140 valence electrons. The molecule has 8 heteroatoms. The van der Waals surface area contributed by atoms with Gasteiger partial charge in [-0.3, -0.25) is 14.5 Å². The highest BCUT2D eigenvalue weighted by molar-refractivity contribution is 6.09. The van der Waals surface area contributed by atoms with Gasteiger partial charge in [-0.25, -0.2) is 9.18 Å². The Hall–Kier alpha value is -3.34. The van der Waals surface area contributed by atoms with E-state index < -0.39 is 17.7 Å². The van der Waals surface area contributed by atoms with E-state index in [1.54, 1.807) is 0 Å². The minimum atomic E-state index is -1.15. The van der Waals surface area contributed by atoms with E-state index in [-0.39, 0.29) is 47.3 Å². The zero-order chi connectivity index (χ0) is 19.6. The van der Waals surface area contributed by atoms with Gasteiger partial charge in [0, 0.05) is 17.2 Å². The maximum atomic E-state index is 14.4. The largest absolute Gasteiger partial charge is 0.481 e. The molecule has 0 radical (unpaired) electrons. The quantitative estimate of drug-likeness (QED) is 0.789. The number of amides is 2. The summed E-state index contributed by atoms with van der Waals surface area (Å²) in [5.41, 5.74) is 0.252. The van der Waals surface area contributed by atoms with Crippen LogP contribution in [0.4, 0.5) is 15.8 Å². The molecular formula is C19H17FN2O5. The number of nitrogens with zero attached hydrogens (tertiary/aromatic N) is 1. The lowest BCUT2D eigenvalue weighted by Gasteiger charge is -2.28. The van der Waals surface area contributed by atoms with E-state index in [1.165, 1.54) is 11.0 Å². The van der Waals surface area contributed by atoms with E-state index in [4.69, 9.17) is 11.2 Å². The van der Waals surface area contributed by atoms with Crippen molar-refractivity contribution < 1.29 is 28.6 Å². The Morgan fingerprint density at radius 2 is 2.00 bits per heavy atom. The zero-order valence-corrected chi connectivity index (χ0v) is 14.4. The SMILES string of the molecule is C#CCN1C(=O)COc2cc(F)c(NC(=O)C3=C(C(=O)O)CCCC3)cc21. The predicted molar refractivity (Wildman–Crippen MR) is 94.8 cm³/mol. The van der Waals surface area contributed by atoms with Crippen LogP contribution in [0.3, 0.4) is 0 Å². The predicted octanol–water partition coefficient (Wildman–Crippen LogP) is 2.08. The minimum absolute atomic E-state index is 0.0253. The van der Waals surface area contributed by atoms with Crippen molar-refractivity contribution in [2.24, 2.45) is 0 Å². The third-order valence-electron chi connectivity index (χ3n) is 4.49. The van der Waals surface area contributed by atoms with Gasteiger partial charge in [0.2, 0.25) is 0 Å². The number of halogens is 1. The Balaban J connectivity index is 1.94. The van der Waals surface area contributed by atoms with Crippen LogP contribution in [0.15, 0.2) is 23.3 Å². The molecule has 0 saturated heterocycles. The van der Waals surface area contributed by atoms with Crippen molar-refractivity contribution in [3.05, 3.63) is 29.1 Å². The first-order valence-corrected chi connectivity index (χ1v) is 8.39. The lowest BCUT2D eigenvalue weighted by Crippen LogP contribution is -2.39. The lowest BCUT2D eigenvalue weighted by atomic mass is 9.91. The van der Waals surface area contributed by atoms with Gasteiger partial charge in [0.15, 0.2) is 12.4 Å². The van der Waals surface area contributed by atoms with Crippen molar-refractivity contribution in [3.63, 3.8) is 0 Å². The number of ether oxygens (including phenoxy) is 1. The van der Waals surface area contributed by atoms with Crippen LogP contribution in [0.1, 0.15) is 25.7 Å². The number of carboxylic acids is 1. The molecule has 1 aromatic carbocycles. The number of carbonyl (C=O) groups is 3. The third-order valence-corrected chi connectivity index (χ3v) is 4.49. The van der Waals surface area contributed by atoms with Crippen LogP contribution in [0, 0.1) is 18.2 Å². The number of hydrogen-bond donors (Lipinski definition) is 2. The van der Waals surface area contributed by atoms with Crippen molar-refractivity contribution in [1.82, 2.24) is 0 Å². The van der Waals surface area contributed by atoms with Gasteiger partial charge in [-0.1, -0.05) is 5.92 Å². The van der Waals surface area contributed by atoms with Crippen LogP contribution in [-0.2, 0) is 14.4 Å². The molecule has 1 aromatic rings. The molecule has 0 spiro atoms. The van der Waals surface area contributed by atoms with E-state index in [0.717, 1.165) is 6.07 Å². The van der Waals surface area contributed by atoms with Gasteiger partial charge in [-0.15, -0.1) is 6.42 Å². The van der Waals surface area contributed by atoms with Crippen molar-refractivity contribution in [3.8, 4) is 18.1 Å². The Morgan fingerprint density at radius 1 is 1.30 bits per heavy atom. The van der Waals surface area contributed by atoms with Crippen LogP contribution in [0.25, 0.3) is 0 Å². The number of benzene rings is 1. The van der Waals surface area contributed by atoms with Gasteiger partial charge in [0.25, 0.3) is 11.8 Å². The molecule has 27 heavy (non-hydrogen) atoms.